The van der Waals surface area contributed by atoms with Crippen molar-refractivity contribution in [3.63, 3.8) is 0 Å². The summed E-state index contributed by atoms with van der Waals surface area (Å²) in [7, 11) is 0. The van der Waals surface area contributed by atoms with Crippen molar-refractivity contribution in [2.45, 2.75) is 6.54 Å². The van der Waals surface area contributed by atoms with E-state index in [0.29, 0.717) is 16.3 Å². The van der Waals surface area contributed by atoms with Gasteiger partial charge in [-0.25, -0.2) is 4.98 Å². The lowest BCUT2D eigenvalue weighted by Crippen LogP contribution is -2.19. The summed E-state index contributed by atoms with van der Waals surface area (Å²) >= 11 is 6.80. The molecule has 0 unspecified atom stereocenters. The molecule has 0 bridgehead atoms. The smallest absolute Gasteiger partial charge is 0.244 e. The Labute approximate surface area is 158 Å². The Morgan fingerprint density at radius 3 is 2.81 bits per heavy atom. The fraction of sp³-hybridized carbons (Fsp3) is 0.0588. The summed E-state index contributed by atoms with van der Waals surface area (Å²) in [6.45, 7) is 0.0891. The molecule has 0 aliphatic rings. The van der Waals surface area contributed by atoms with Gasteiger partial charge in [-0.3, -0.25) is 14.5 Å². The van der Waals surface area contributed by atoms with E-state index in [0.717, 1.165) is 10.6 Å². The van der Waals surface area contributed by atoms with Gasteiger partial charge in [-0.05, 0) is 47.9 Å². The summed E-state index contributed by atoms with van der Waals surface area (Å²) in [6.07, 6.45) is 5.30. The first-order chi connectivity index (χ1) is 12.7. The minimum absolute atomic E-state index is 0.0891. The van der Waals surface area contributed by atoms with Crippen molar-refractivity contribution in [3.8, 4) is 16.4 Å². The van der Waals surface area contributed by atoms with Crippen molar-refractivity contribution < 1.29 is 4.79 Å². The van der Waals surface area contributed by atoms with Crippen LogP contribution >= 0.6 is 23.6 Å². The number of H-pyrrole nitrogens is 1. The molecule has 0 spiro atoms. The fourth-order valence-electron chi connectivity index (χ4n) is 2.53. The highest BCUT2D eigenvalue weighted by Crippen LogP contribution is 2.22. The zero-order valence-corrected chi connectivity index (χ0v) is 15.1. The third-order valence-electron chi connectivity index (χ3n) is 3.76. The van der Waals surface area contributed by atoms with E-state index in [1.807, 2.05) is 52.5 Å². The maximum absolute atomic E-state index is 12.4. The van der Waals surface area contributed by atoms with Gasteiger partial charge in [0.2, 0.25) is 5.91 Å². The zero-order valence-electron chi connectivity index (χ0n) is 13.5. The van der Waals surface area contributed by atoms with Gasteiger partial charge < -0.3 is 9.88 Å². The van der Waals surface area contributed by atoms with Gasteiger partial charge in [0.25, 0.3) is 0 Å². The van der Waals surface area contributed by atoms with Crippen molar-refractivity contribution in [1.82, 2.24) is 24.3 Å². The predicted molar refractivity (Wildman–Crippen MR) is 103 cm³/mol. The Morgan fingerprint density at radius 1 is 1.27 bits per heavy atom. The van der Waals surface area contributed by atoms with E-state index in [4.69, 9.17) is 12.2 Å². The highest BCUT2D eigenvalue weighted by atomic mass is 32.1. The molecule has 2 N–H and O–H groups in total. The van der Waals surface area contributed by atoms with E-state index in [-0.39, 0.29) is 12.5 Å². The maximum atomic E-state index is 12.4. The monoisotopic (exact) mass is 382 g/mol. The van der Waals surface area contributed by atoms with Crippen LogP contribution in [-0.2, 0) is 11.3 Å². The number of aromatic amines is 1. The Hall–Kier alpha value is -3.04. The largest absolute Gasteiger partial charge is 0.325 e. The van der Waals surface area contributed by atoms with E-state index in [1.165, 1.54) is 0 Å². The highest BCUT2D eigenvalue weighted by molar-refractivity contribution is 7.71. The molecule has 130 valence electrons. The number of imidazole rings is 1. The van der Waals surface area contributed by atoms with Gasteiger partial charge >= 0.3 is 0 Å². The van der Waals surface area contributed by atoms with Gasteiger partial charge in [0.05, 0.1) is 11.2 Å². The van der Waals surface area contributed by atoms with Crippen molar-refractivity contribution >= 4 is 35.1 Å². The van der Waals surface area contributed by atoms with Crippen molar-refractivity contribution in [2.75, 3.05) is 5.32 Å². The van der Waals surface area contributed by atoms with Gasteiger partial charge in [-0.15, -0.1) is 11.3 Å². The molecule has 0 fully saturated rings. The second-order valence-electron chi connectivity index (χ2n) is 5.48. The van der Waals surface area contributed by atoms with Gasteiger partial charge in [-0.1, -0.05) is 6.07 Å². The molecule has 1 aromatic carbocycles. The van der Waals surface area contributed by atoms with Crippen LogP contribution < -0.4 is 5.32 Å². The normalized spacial score (nSPS) is 10.8. The number of nitrogens with zero attached hydrogens (tertiary/aromatic N) is 4. The number of carbonyl (C=O) groups is 1. The maximum Gasteiger partial charge on any atom is 0.244 e. The predicted octanol–water partition coefficient (Wildman–Crippen LogP) is 3.49. The quantitative estimate of drug-likeness (QED) is 0.518. The Bertz CT molecular complexity index is 1060. The average Bonchev–Trinajstić information content (AvgIpc) is 3.39. The zero-order chi connectivity index (χ0) is 17.9. The Morgan fingerprint density at radius 2 is 2.12 bits per heavy atom. The number of nitrogens with one attached hydrogen (secondary N) is 2. The van der Waals surface area contributed by atoms with Crippen LogP contribution in [0.15, 0.2) is 60.5 Å². The van der Waals surface area contributed by atoms with Gasteiger partial charge in [0, 0.05) is 23.8 Å². The lowest BCUT2D eigenvalue weighted by molar-refractivity contribution is -0.116. The molecule has 26 heavy (non-hydrogen) atoms. The van der Waals surface area contributed by atoms with Crippen LogP contribution in [0.1, 0.15) is 0 Å². The molecular formula is C17H14N6OS2. The molecule has 3 aromatic heterocycles. The summed E-state index contributed by atoms with van der Waals surface area (Å²) in [4.78, 5) is 17.4. The summed E-state index contributed by atoms with van der Waals surface area (Å²) < 4.78 is 4.00. The molecule has 1 amide bonds. The number of hydrogen-bond acceptors (Lipinski definition) is 5. The third-order valence-corrected chi connectivity index (χ3v) is 4.93. The summed E-state index contributed by atoms with van der Waals surface area (Å²) in [5, 5.41) is 11.8. The number of amides is 1. The summed E-state index contributed by atoms with van der Waals surface area (Å²) in [6, 6.07) is 11.4. The topological polar surface area (TPSA) is 80.5 Å². The molecule has 0 saturated carbocycles. The summed E-state index contributed by atoms with van der Waals surface area (Å²) in [5.41, 5.74) is 1.68. The minimum atomic E-state index is -0.171. The van der Waals surface area contributed by atoms with Crippen LogP contribution in [0.4, 0.5) is 5.69 Å². The van der Waals surface area contributed by atoms with Crippen LogP contribution in [0.5, 0.6) is 0 Å². The second kappa shape index (κ2) is 7.06. The molecule has 7 nitrogen and oxygen atoms in total. The fourth-order valence-corrected chi connectivity index (χ4v) is 3.45. The van der Waals surface area contributed by atoms with Gasteiger partial charge in [0.15, 0.2) is 10.6 Å². The standard InChI is InChI=1S/C17H14N6OS2/c24-15(10-23-16(20-21-17(23)25)14-2-1-9-26-14)19-12-3-5-13(6-4-12)22-8-7-18-11-22/h1-9,11H,10H2,(H,19,24)(H,21,25). The van der Waals surface area contributed by atoms with E-state index < -0.39 is 0 Å². The average molecular weight is 382 g/mol. The molecule has 4 rings (SSSR count). The molecular weight excluding hydrogens is 368 g/mol. The van der Waals surface area contributed by atoms with Crippen LogP contribution in [0.25, 0.3) is 16.4 Å². The van der Waals surface area contributed by atoms with Crippen LogP contribution in [0, 0.1) is 4.77 Å². The van der Waals surface area contributed by atoms with Crippen molar-refractivity contribution in [1.29, 1.82) is 0 Å². The number of benzene rings is 1. The third kappa shape index (κ3) is 3.35. The summed E-state index contributed by atoms with van der Waals surface area (Å²) in [5.74, 6) is 0.492. The molecule has 9 heteroatoms. The molecule has 0 aliphatic heterocycles. The Kier molecular flexibility index (Phi) is 4.46. The molecule has 4 aromatic rings. The highest BCUT2D eigenvalue weighted by Gasteiger charge is 2.13. The first-order valence-electron chi connectivity index (χ1n) is 7.78. The molecule has 0 saturated heterocycles. The number of aromatic nitrogens is 5. The van der Waals surface area contributed by atoms with Crippen molar-refractivity contribution in [3.05, 3.63) is 65.3 Å². The van der Waals surface area contributed by atoms with Gasteiger partial charge in [0.1, 0.15) is 6.54 Å². The number of rotatable bonds is 5. The lowest BCUT2D eigenvalue weighted by atomic mass is 10.2. The second-order valence-corrected chi connectivity index (χ2v) is 6.82. The first-order valence-corrected chi connectivity index (χ1v) is 9.07. The van der Waals surface area contributed by atoms with Crippen LogP contribution in [-0.4, -0.2) is 30.2 Å². The van der Waals surface area contributed by atoms with Crippen LogP contribution in [0.2, 0.25) is 0 Å². The van der Waals surface area contributed by atoms with E-state index in [9.17, 15) is 4.79 Å². The lowest BCUT2D eigenvalue weighted by Gasteiger charge is -2.08. The number of anilines is 1. The molecule has 0 atom stereocenters. The van der Waals surface area contributed by atoms with E-state index in [2.05, 4.69) is 20.5 Å². The first kappa shape index (κ1) is 16.4. The number of carbonyl (C=O) groups excluding carboxylic acids is 1. The van der Waals surface area contributed by atoms with Crippen molar-refractivity contribution in [2.24, 2.45) is 0 Å². The SMILES string of the molecule is O=C(Cn1c(-c2cccs2)n[nH]c1=S)Nc1ccc(-n2ccnc2)cc1. The number of hydrogen-bond donors (Lipinski definition) is 2. The minimum Gasteiger partial charge on any atom is -0.325 e. The van der Waals surface area contributed by atoms with E-state index >= 15 is 0 Å². The Balaban J connectivity index is 1.48. The van der Waals surface area contributed by atoms with Gasteiger partial charge in [-0.2, -0.15) is 5.10 Å². The number of thiophene rings is 1. The molecule has 0 radical (unpaired) electrons. The van der Waals surface area contributed by atoms with Crippen LogP contribution in [0.3, 0.4) is 0 Å². The molecule has 3 heterocycles. The molecule has 0 aliphatic carbocycles. The van der Waals surface area contributed by atoms with E-state index in [1.54, 1.807) is 28.4 Å².